The lowest BCUT2D eigenvalue weighted by Crippen LogP contribution is -2.32. The SMILES string of the molecule is O=[N+]([O-])C1(Br)CCN(P)C1. The van der Waals surface area contributed by atoms with Crippen LogP contribution in [-0.2, 0) is 0 Å². The molecule has 1 heterocycles. The highest BCUT2D eigenvalue weighted by molar-refractivity contribution is 9.10. The van der Waals surface area contributed by atoms with E-state index in [4.69, 9.17) is 0 Å². The average Bonchev–Trinajstić information content (AvgIpc) is 2.13. The molecule has 2 unspecified atom stereocenters. The Morgan fingerprint density at radius 1 is 1.80 bits per heavy atom. The van der Waals surface area contributed by atoms with Gasteiger partial charge in [0.2, 0.25) is 0 Å². The molecule has 0 aromatic carbocycles. The third kappa shape index (κ3) is 1.47. The maximum Gasteiger partial charge on any atom is 0.288 e. The molecule has 10 heavy (non-hydrogen) atoms. The molecule has 0 aliphatic carbocycles. The number of rotatable bonds is 1. The van der Waals surface area contributed by atoms with Crippen molar-refractivity contribution >= 4 is 25.3 Å². The molecular weight excluding hydrogens is 219 g/mol. The van der Waals surface area contributed by atoms with E-state index in [1.807, 2.05) is 4.67 Å². The fourth-order valence-corrected chi connectivity index (χ4v) is 2.13. The summed E-state index contributed by atoms with van der Waals surface area (Å²) in [6.45, 7) is 1.22. The second-order valence-corrected chi connectivity index (χ2v) is 4.60. The van der Waals surface area contributed by atoms with Crippen molar-refractivity contribution in [2.24, 2.45) is 0 Å². The van der Waals surface area contributed by atoms with Crippen LogP contribution >= 0.6 is 25.3 Å². The summed E-state index contributed by atoms with van der Waals surface area (Å²) in [5, 5.41) is 10.4. The van der Waals surface area contributed by atoms with Crippen LogP contribution < -0.4 is 0 Å². The molecular formula is C4H8BrN2O2P. The van der Waals surface area contributed by atoms with Gasteiger partial charge in [0.15, 0.2) is 0 Å². The maximum atomic E-state index is 10.4. The predicted octanol–water partition coefficient (Wildman–Crippen LogP) is 0.850. The average molecular weight is 227 g/mol. The lowest BCUT2D eigenvalue weighted by molar-refractivity contribution is -0.530. The first-order valence-corrected chi connectivity index (χ1v) is 4.18. The van der Waals surface area contributed by atoms with Gasteiger partial charge in [-0.3, -0.25) is 14.8 Å². The molecule has 0 saturated carbocycles. The van der Waals surface area contributed by atoms with Crippen molar-refractivity contribution in [3.63, 3.8) is 0 Å². The molecule has 2 atom stereocenters. The van der Waals surface area contributed by atoms with Gasteiger partial charge in [-0.25, -0.2) is 0 Å². The van der Waals surface area contributed by atoms with Gasteiger partial charge in [0.25, 0.3) is 4.45 Å². The Kier molecular flexibility index (Phi) is 2.28. The smallest absolute Gasteiger partial charge is 0.279 e. The first kappa shape index (κ1) is 8.37. The molecule has 1 fully saturated rings. The quantitative estimate of drug-likeness (QED) is 0.219. The molecule has 0 N–H and O–H groups in total. The molecule has 1 aliphatic heterocycles. The first-order chi connectivity index (χ1) is 4.54. The molecule has 0 bridgehead atoms. The molecule has 6 heteroatoms. The van der Waals surface area contributed by atoms with Crippen molar-refractivity contribution in [2.45, 2.75) is 10.9 Å². The summed E-state index contributed by atoms with van der Waals surface area (Å²) >= 11 is 3.10. The molecule has 0 aromatic heterocycles. The standard InChI is InChI=1S/C4H8BrN2O2P/c5-4(7(8)9)1-2-6(10)3-4/h1-3,10H2. The van der Waals surface area contributed by atoms with E-state index < -0.39 is 4.45 Å². The van der Waals surface area contributed by atoms with Gasteiger partial charge in [0.1, 0.15) is 0 Å². The first-order valence-electron chi connectivity index (χ1n) is 2.88. The third-order valence-corrected chi connectivity index (χ3v) is 2.93. The van der Waals surface area contributed by atoms with Crippen LogP contribution in [0.25, 0.3) is 0 Å². The fourth-order valence-electron chi connectivity index (χ4n) is 0.933. The monoisotopic (exact) mass is 226 g/mol. The number of halogens is 1. The Morgan fingerprint density at radius 2 is 2.40 bits per heavy atom. The van der Waals surface area contributed by atoms with E-state index in [1.54, 1.807) is 0 Å². The third-order valence-electron chi connectivity index (χ3n) is 1.55. The van der Waals surface area contributed by atoms with Crippen molar-refractivity contribution in [2.75, 3.05) is 13.1 Å². The summed E-state index contributed by atoms with van der Waals surface area (Å²) in [4.78, 5) is 10.1. The van der Waals surface area contributed by atoms with E-state index in [-0.39, 0.29) is 4.92 Å². The van der Waals surface area contributed by atoms with Gasteiger partial charge < -0.3 is 0 Å². The van der Waals surface area contributed by atoms with Gasteiger partial charge in [0.05, 0.1) is 6.54 Å². The van der Waals surface area contributed by atoms with Crippen molar-refractivity contribution in [3.8, 4) is 0 Å². The van der Waals surface area contributed by atoms with E-state index in [0.717, 1.165) is 6.54 Å². The van der Waals surface area contributed by atoms with E-state index in [9.17, 15) is 10.1 Å². The lowest BCUT2D eigenvalue weighted by atomic mass is 10.3. The highest BCUT2D eigenvalue weighted by Crippen LogP contribution is 2.32. The number of nitro groups is 1. The number of hydrogen-bond acceptors (Lipinski definition) is 3. The molecule has 0 amide bonds. The number of nitrogens with zero attached hydrogens (tertiary/aromatic N) is 2. The minimum Gasteiger partial charge on any atom is -0.279 e. The van der Waals surface area contributed by atoms with Crippen LogP contribution in [0.15, 0.2) is 0 Å². The largest absolute Gasteiger partial charge is 0.288 e. The van der Waals surface area contributed by atoms with Crippen LogP contribution in [0.3, 0.4) is 0 Å². The summed E-state index contributed by atoms with van der Waals surface area (Å²) in [6, 6.07) is 0. The Bertz CT molecular complexity index is 167. The topological polar surface area (TPSA) is 46.4 Å². The number of hydrogen-bond donors (Lipinski definition) is 0. The Hall–Kier alpha value is 0.270. The molecule has 1 aliphatic rings. The van der Waals surface area contributed by atoms with Crippen LogP contribution in [0, 0.1) is 10.1 Å². The lowest BCUT2D eigenvalue weighted by Gasteiger charge is -2.10. The van der Waals surface area contributed by atoms with E-state index in [0.29, 0.717) is 13.0 Å². The van der Waals surface area contributed by atoms with Crippen molar-refractivity contribution in [3.05, 3.63) is 10.1 Å². The highest BCUT2D eigenvalue weighted by Gasteiger charge is 2.45. The highest BCUT2D eigenvalue weighted by atomic mass is 79.9. The molecule has 0 radical (unpaired) electrons. The normalized spacial score (nSPS) is 34.6. The maximum absolute atomic E-state index is 10.4. The minimum absolute atomic E-state index is 0.267. The zero-order chi connectivity index (χ0) is 7.78. The van der Waals surface area contributed by atoms with Crippen LogP contribution in [0.4, 0.5) is 0 Å². The zero-order valence-corrected chi connectivity index (χ0v) is 8.03. The molecule has 1 saturated heterocycles. The summed E-state index contributed by atoms with van der Waals surface area (Å²) in [5.41, 5.74) is 0. The van der Waals surface area contributed by atoms with Crippen LogP contribution in [0.5, 0.6) is 0 Å². The summed E-state index contributed by atoms with van der Waals surface area (Å²) < 4.78 is 0.965. The van der Waals surface area contributed by atoms with Gasteiger partial charge in [-0.1, -0.05) is 9.39 Å². The van der Waals surface area contributed by atoms with Gasteiger partial charge >= 0.3 is 0 Å². The van der Waals surface area contributed by atoms with Gasteiger partial charge in [0, 0.05) is 33.8 Å². The van der Waals surface area contributed by atoms with Gasteiger partial charge in [-0.05, 0) is 0 Å². The fraction of sp³-hybridized carbons (Fsp3) is 1.00. The second kappa shape index (κ2) is 2.72. The second-order valence-electron chi connectivity index (χ2n) is 2.40. The summed E-state index contributed by atoms with van der Waals surface area (Å²) in [7, 11) is 2.46. The zero-order valence-electron chi connectivity index (χ0n) is 5.29. The van der Waals surface area contributed by atoms with Gasteiger partial charge in [-0.2, -0.15) is 0 Å². The molecule has 1 rings (SSSR count). The van der Waals surface area contributed by atoms with E-state index in [1.165, 1.54) is 0 Å². The number of alkyl halides is 1. The van der Waals surface area contributed by atoms with Crippen molar-refractivity contribution < 1.29 is 4.92 Å². The van der Waals surface area contributed by atoms with Crippen LogP contribution in [0.2, 0.25) is 0 Å². The Balaban J connectivity index is 2.63. The molecule has 0 aromatic rings. The molecule has 58 valence electrons. The van der Waals surface area contributed by atoms with Crippen LogP contribution in [0.1, 0.15) is 6.42 Å². The Morgan fingerprint density at radius 3 is 2.60 bits per heavy atom. The molecule has 4 nitrogen and oxygen atoms in total. The summed E-state index contributed by atoms with van der Waals surface area (Å²) in [6.07, 6.45) is 0.573. The minimum atomic E-state index is -0.894. The van der Waals surface area contributed by atoms with E-state index >= 15 is 0 Å². The predicted molar refractivity (Wildman–Crippen MR) is 44.6 cm³/mol. The van der Waals surface area contributed by atoms with E-state index in [2.05, 4.69) is 25.3 Å². The summed E-state index contributed by atoms with van der Waals surface area (Å²) in [5.74, 6) is 0. The Labute approximate surface area is 69.5 Å². The molecule has 0 spiro atoms. The van der Waals surface area contributed by atoms with Gasteiger partial charge in [-0.15, -0.1) is 0 Å². The van der Waals surface area contributed by atoms with Crippen molar-refractivity contribution in [1.29, 1.82) is 0 Å². The van der Waals surface area contributed by atoms with Crippen LogP contribution in [-0.4, -0.2) is 27.1 Å². The van der Waals surface area contributed by atoms with Crippen molar-refractivity contribution in [1.82, 2.24) is 4.67 Å².